The molecule has 0 radical (unpaired) electrons. The molecule has 0 saturated carbocycles. The number of fused-ring (bicyclic) bond motifs is 1. The zero-order chi connectivity index (χ0) is 11.1. The van der Waals surface area contributed by atoms with Crippen molar-refractivity contribution in [1.82, 2.24) is 9.97 Å². The molecular weight excluding hydrogens is 206 g/mol. The van der Waals surface area contributed by atoms with Crippen LogP contribution in [-0.2, 0) is 6.54 Å². The van der Waals surface area contributed by atoms with Crippen molar-refractivity contribution in [2.45, 2.75) is 20.4 Å². The van der Waals surface area contributed by atoms with E-state index in [4.69, 9.17) is 0 Å². The monoisotopic (exact) mass is 221 g/mol. The maximum absolute atomic E-state index is 4.51. The van der Waals surface area contributed by atoms with E-state index in [0.717, 1.165) is 16.6 Å². The molecular formula is C11H15N3S. The summed E-state index contributed by atoms with van der Waals surface area (Å²) in [6.45, 7) is 4.57. The molecule has 0 spiro atoms. The van der Waals surface area contributed by atoms with Gasteiger partial charge in [0.2, 0.25) is 0 Å². The van der Waals surface area contributed by atoms with Crippen LogP contribution in [0.3, 0.4) is 0 Å². The number of H-pyrrole nitrogens is 1. The molecule has 0 unspecified atom stereocenters. The molecule has 0 aliphatic carbocycles. The van der Waals surface area contributed by atoms with E-state index < -0.39 is 0 Å². The van der Waals surface area contributed by atoms with Crippen molar-refractivity contribution in [2.24, 2.45) is 4.99 Å². The maximum atomic E-state index is 4.51. The van der Waals surface area contributed by atoms with E-state index in [9.17, 15) is 0 Å². The third kappa shape index (κ3) is 2.72. The normalized spacial score (nSPS) is 8.93. The Bertz CT molecular complexity index is 475. The van der Waals surface area contributed by atoms with E-state index in [1.54, 1.807) is 6.20 Å². The average Bonchev–Trinajstić information content (AvgIpc) is 2.77. The number of thiocarbonyl (C=S) groups is 1. The summed E-state index contributed by atoms with van der Waals surface area (Å²) in [4.78, 5) is 11.1. The van der Waals surface area contributed by atoms with Crippen LogP contribution >= 0.6 is 12.2 Å². The van der Waals surface area contributed by atoms with Crippen molar-refractivity contribution in [1.29, 1.82) is 0 Å². The molecule has 0 atom stereocenters. The van der Waals surface area contributed by atoms with Crippen LogP contribution < -0.4 is 0 Å². The number of aliphatic imine (C=N–C) groups is 1. The van der Waals surface area contributed by atoms with Crippen LogP contribution in [-0.4, -0.2) is 15.1 Å². The van der Waals surface area contributed by atoms with Gasteiger partial charge in [-0.25, -0.2) is 9.98 Å². The van der Waals surface area contributed by atoms with Crippen LogP contribution in [0.2, 0.25) is 0 Å². The predicted molar refractivity (Wildman–Crippen MR) is 68.3 cm³/mol. The van der Waals surface area contributed by atoms with Gasteiger partial charge in [0.15, 0.2) is 0 Å². The fourth-order valence-corrected chi connectivity index (χ4v) is 1.34. The van der Waals surface area contributed by atoms with E-state index in [1.807, 2.05) is 32.2 Å². The molecule has 80 valence electrons. The first-order valence-electron chi connectivity index (χ1n) is 4.86. The Labute approximate surface area is 95.7 Å². The molecule has 2 aromatic rings. The van der Waals surface area contributed by atoms with Gasteiger partial charge in [-0.05, 0) is 29.9 Å². The third-order valence-corrected chi connectivity index (χ3v) is 1.99. The summed E-state index contributed by atoms with van der Waals surface area (Å²) in [6.07, 6.45) is 3.62. The lowest BCUT2D eigenvalue weighted by Crippen LogP contribution is -1.84. The Kier molecular flexibility index (Phi) is 4.68. The minimum atomic E-state index is 0. The zero-order valence-electron chi connectivity index (χ0n) is 8.82. The second-order valence-corrected chi connectivity index (χ2v) is 2.80. The van der Waals surface area contributed by atoms with E-state index >= 15 is 0 Å². The third-order valence-electron chi connectivity index (χ3n) is 1.86. The summed E-state index contributed by atoms with van der Waals surface area (Å²) in [5.74, 6) is 0. The molecule has 1 N–H and O–H groups in total. The molecule has 3 nitrogen and oxygen atoms in total. The fourth-order valence-electron chi connectivity index (χ4n) is 1.27. The smallest absolute Gasteiger partial charge is 0.137 e. The highest BCUT2D eigenvalue weighted by atomic mass is 32.1. The van der Waals surface area contributed by atoms with Crippen molar-refractivity contribution >= 4 is 28.4 Å². The number of aromatic nitrogens is 2. The molecule has 0 fully saturated rings. The first kappa shape index (κ1) is 11.6. The van der Waals surface area contributed by atoms with Crippen LogP contribution in [0.4, 0.5) is 0 Å². The number of hydrogen-bond acceptors (Lipinski definition) is 3. The van der Waals surface area contributed by atoms with E-state index in [0.29, 0.717) is 6.54 Å². The van der Waals surface area contributed by atoms with Crippen molar-refractivity contribution in [3.05, 3.63) is 30.1 Å². The minimum absolute atomic E-state index is 0. The number of nitrogens with one attached hydrogen (secondary N) is 1. The Hall–Kier alpha value is -1.51. The fraction of sp³-hybridized carbons (Fsp3) is 0.273. The molecule has 0 bridgehead atoms. The van der Waals surface area contributed by atoms with Crippen molar-refractivity contribution in [3.8, 4) is 0 Å². The standard InChI is InChI=1S/C9H7N3S.C2H6.H2/c13-6-10-5-7-1-3-11-9-8(7)2-4-12-9;1-2;/h1-4H,5H2,(H,11,12);1-2H3;1H. The SMILES string of the molecule is CC.S=C=NCc1ccnc2[nH]ccc12.[HH]. The largest absolute Gasteiger partial charge is 0.346 e. The highest BCUT2D eigenvalue weighted by Crippen LogP contribution is 2.15. The van der Waals surface area contributed by atoms with Crippen LogP contribution in [0.1, 0.15) is 20.8 Å². The van der Waals surface area contributed by atoms with Gasteiger partial charge >= 0.3 is 0 Å². The van der Waals surface area contributed by atoms with Gasteiger partial charge in [0.25, 0.3) is 0 Å². The molecule has 0 amide bonds. The van der Waals surface area contributed by atoms with Crippen molar-refractivity contribution in [3.63, 3.8) is 0 Å². The number of hydrogen-bond donors (Lipinski definition) is 1. The lowest BCUT2D eigenvalue weighted by molar-refractivity contribution is 1.09. The maximum Gasteiger partial charge on any atom is 0.137 e. The van der Waals surface area contributed by atoms with E-state index in [2.05, 4.69) is 32.3 Å². The summed E-state index contributed by atoms with van der Waals surface area (Å²) in [6, 6.07) is 3.92. The second-order valence-electron chi connectivity index (χ2n) is 2.62. The quantitative estimate of drug-likeness (QED) is 0.623. The molecule has 0 aliphatic heterocycles. The average molecular weight is 221 g/mol. The molecule has 0 saturated heterocycles. The Balaban J connectivity index is 0.000000711. The van der Waals surface area contributed by atoms with E-state index in [-0.39, 0.29) is 1.43 Å². The van der Waals surface area contributed by atoms with Gasteiger partial charge in [-0.15, -0.1) is 0 Å². The lowest BCUT2D eigenvalue weighted by Gasteiger charge is -1.96. The summed E-state index contributed by atoms with van der Waals surface area (Å²) in [5, 5.41) is 3.44. The molecule has 2 heterocycles. The van der Waals surface area contributed by atoms with Gasteiger partial charge in [-0.2, -0.15) is 0 Å². The predicted octanol–water partition coefficient (Wildman–Crippen LogP) is 3.44. The molecule has 0 aliphatic rings. The lowest BCUT2D eigenvalue weighted by atomic mass is 10.2. The highest BCUT2D eigenvalue weighted by molar-refractivity contribution is 7.78. The Morgan fingerprint density at radius 2 is 2.33 bits per heavy atom. The molecule has 4 heteroatoms. The van der Waals surface area contributed by atoms with Crippen LogP contribution in [0.25, 0.3) is 11.0 Å². The van der Waals surface area contributed by atoms with Crippen LogP contribution in [0.15, 0.2) is 29.5 Å². The second kappa shape index (κ2) is 6.06. The zero-order valence-corrected chi connectivity index (χ0v) is 9.64. The number of isothiocyanates is 1. The van der Waals surface area contributed by atoms with Gasteiger partial charge in [-0.1, -0.05) is 13.8 Å². The van der Waals surface area contributed by atoms with Gasteiger partial charge in [-0.3, -0.25) is 0 Å². The van der Waals surface area contributed by atoms with Crippen LogP contribution in [0, 0.1) is 0 Å². The number of aromatic amines is 1. The first-order valence-corrected chi connectivity index (χ1v) is 5.27. The number of nitrogens with zero attached hydrogens (tertiary/aromatic N) is 2. The van der Waals surface area contributed by atoms with Gasteiger partial charge in [0.1, 0.15) is 5.65 Å². The van der Waals surface area contributed by atoms with Gasteiger partial charge in [0, 0.05) is 19.2 Å². The van der Waals surface area contributed by atoms with Crippen molar-refractivity contribution < 1.29 is 1.43 Å². The highest BCUT2D eigenvalue weighted by Gasteiger charge is 2.00. The van der Waals surface area contributed by atoms with Crippen LogP contribution in [0.5, 0.6) is 0 Å². The topological polar surface area (TPSA) is 41.0 Å². The van der Waals surface area contributed by atoms with Gasteiger partial charge in [0.05, 0.1) is 11.7 Å². The van der Waals surface area contributed by atoms with Crippen molar-refractivity contribution in [2.75, 3.05) is 0 Å². The molecule has 0 aromatic carbocycles. The first-order chi connectivity index (χ1) is 7.42. The number of rotatable bonds is 2. The molecule has 2 rings (SSSR count). The molecule has 2 aromatic heterocycles. The summed E-state index contributed by atoms with van der Waals surface area (Å²) in [5.41, 5.74) is 2.00. The summed E-state index contributed by atoms with van der Waals surface area (Å²) in [7, 11) is 0. The minimum Gasteiger partial charge on any atom is -0.346 e. The van der Waals surface area contributed by atoms with Gasteiger partial charge < -0.3 is 4.98 Å². The summed E-state index contributed by atoms with van der Waals surface area (Å²) >= 11 is 4.51. The Morgan fingerprint density at radius 3 is 3.07 bits per heavy atom. The summed E-state index contributed by atoms with van der Waals surface area (Å²) < 4.78 is 0. The number of pyridine rings is 1. The molecule has 15 heavy (non-hydrogen) atoms. The van der Waals surface area contributed by atoms with E-state index in [1.165, 1.54) is 0 Å². The Morgan fingerprint density at radius 1 is 1.53 bits per heavy atom.